The first-order valence-electron chi connectivity index (χ1n) is 10.2. The summed E-state index contributed by atoms with van der Waals surface area (Å²) < 4.78 is 16.2. The molecule has 2 aromatic carbocycles. The molecule has 1 atom stereocenters. The van der Waals surface area contributed by atoms with Crippen molar-refractivity contribution in [3.63, 3.8) is 0 Å². The van der Waals surface area contributed by atoms with Gasteiger partial charge in [0.2, 0.25) is 0 Å². The van der Waals surface area contributed by atoms with E-state index in [2.05, 4.69) is 0 Å². The van der Waals surface area contributed by atoms with Crippen molar-refractivity contribution in [3.05, 3.63) is 58.1 Å². The molecule has 9 heteroatoms. The number of halogens is 1. The third-order valence-corrected chi connectivity index (χ3v) is 5.78. The zero-order valence-corrected chi connectivity index (χ0v) is 20.0. The van der Waals surface area contributed by atoms with Gasteiger partial charge in [0, 0.05) is 24.2 Å². The number of carbonyl (C=O) groups excluding carboxylic acids is 2. The zero-order valence-electron chi connectivity index (χ0n) is 19.2. The van der Waals surface area contributed by atoms with Gasteiger partial charge in [-0.1, -0.05) is 23.7 Å². The van der Waals surface area contributed by atoms with E-state index in [1.165, 1.54) is 32.3 Å². The minimum absolute atomic E-state index is 0.0495. The number of carbonyl (C=O) groups is 2. The van der Waals surface area contributed by atoms with Gasteiger partial charge < -0.3 is 29.1 Å². The second-order valence-corrected chi connectivity index (χ2v) is 8.14. The average molecular weight is 475 g/mol. The van der Waals surface area contributed by atoms with Gasteiger partial charge in [0.1, 0.15) is 11.5 Å². The van der Waals surface area contributed by atoms with E-state index in [0.717, 1.165) is 0 Å². The third-order valence-electron chi connectivity index (χ3n) is 5.48. The Morgan fingerprint density at radius 2 is 1.76 bits per heavy atom. The van der Waals surface area contributed by atoms with Crippen molar-refractivity contribution < 1.29 is 28.9 Å². The monoisotopic (exact) mass is 474 g/mol. The molecule has 1 saturated heterocycles. The Bertz CT molecular complexity index is 1100. The minimum Gasteiger partial charge on any atom is -0.507 e. The number of Topliss-reactive ketones (excluding diaryl/α,β-unsaturated/α-hetero) is 1. The number of methoxy groups -OCH3 is 3. The van der Waals surface area contributed by atoms with Crippen LogP contribution in [0, 0.1) is 0 Å². The number of aliphatic hydroxyl groups excluding tert-OH is 1. The zero-order chi connectivity index (χ0) is 24.3. The van der Waals surface area contributed by atoms with Crippen molar-refractivity contribution >= 4 is 29.1 Å². The molecule has 3 rings (SSSR count). The molecule has 8 nitrogen and oxygen atoms in total. The van der Waals surface area contributed by atoms with Crippen molar-refractivity contribution in [2.45, 2.75) is 6.04 Å². The smallest absolute Gasteiger partial charge is 0.295 e. The number of aliphatic hydroxyl groups is 1. The van der Waals surface area contributed by atoms with E-state index in [0.29, 0.717) is 34.9 Å². The Balaban J connectivity index is 2.25. The number of ether oxygens (including phenoxy) is 3. The molecule has 0 spiro atoms. The van der Waals surface area contributed by atoms with Crippen LogP contribution in [-0.4, -0.2) is 75.1 Å². The second-order valence-electron chi connectivity index (χ2n) is 7.73. The van der Waals surface area contributed by atoms with Crippen LogP contribution in [0.15, 0.2) is 42.0 Å². The van der Waals surface area contributed by atoms with Crippen molar-refractivity contribution in [1.29, 1.82) is 0 Å². The number of likely N-dealkylation sites (N-methyl/N-ethyl adjacent to an activating group) is 1. The summed E-state index contributed by atoms with van der Waals surface area (Å²) in [5, 5.41) is 11.5. The number of amides is 1. The van der Waals surface area contributed by atoms with Crippen LogP contribution in [0.25, 0.3) is 5.76 Å². The summed E-state index contributed by atoms with van der Waals surface area (Å²) in [6, 6.07) is 8.98. The lowest BCUT2D eigenvalue weighted by molar-refractivity contribution is -0.140. The Hall–Kier alpha value is -3.23. The number of hydrogen-bond acceptors (Lipinski definition) is 7. The van der Waals surface area contributed by atoms with Crippen LogP contribution < -0.4 is 14.2 Å². The maximum absolute atomic E-state index is 13.2. The highest BCUT2D eigenvalue weighted by Gasteiger charge is 2.47. The van der Waals surface area contributed by atoms with Gasteiger partial charge in [-0.2, -0.15) is 0 Å². The summed E-state index contributed by atoms with van der Waals surface area (Å²) in [7, 11) is 8.21. The van der Waals surface area contributed by atoms with Gasteiger partial charge in [-0.15, -0.1) is 0 Å². The molecule has 1 fully saturated rings. The first kappa shape index (κ1) is 24.4. The molecule has 176 valence electrons. The van der Waals surface area contributed by atoms with E-state index in [1.54, 1.807) is 30.3 Å². The van der Waals surface area contributed by atoms with Gasteiger partial charge in [-0.3, -0.25) is 9.59 Å². The number of benzene rings is 2. The van der Waals surface area contributed by atoms with Crippen LogP contribution in [0.4, 0.5) is 0 Å². The molecule has 0 aliphatic carbocycles. The topological polar surface area (TPSA) is 88.5 Å². The van der Waals surface area contributed by atoms with E-state index < -0.39 is 17.7 Å². The van der Waals surface area contributed by atoms with Crippen LogP contribution in [0.2, 0.25) is 5.02 Å². The summed E-state index contributed by atoms with van der Waals surface area (Å²) in [6.07, 6.45) is 0. The lowest BCUT2D eigenvalue weighted by atomic mass is 9.94. The molecule has 1 N–H and O–H groups in total. The summed E-state index contributed by atoms with van der Waals surface area (Å²) in [5.41, 5.74) is 0.765. The van der Waals surface area contributed by atoms with E-state index in [4.69, 9.17) is 25.8 Å². The fourth-order valence-corrected chi connectivity index (χ4v) is 4.10. The van der Waals surface area contributed by atoms with Crippen molar-refractivity contribution in [3.8, 4) is 17.2 Å². The maximum Gasteiger partial charge on any atom is 0.295 e. The van der Waals surface area contributed by atoms with E-state index in [-0.39, 0.29) is 22.9 Å². The van der Waals surface area contributed by atoms with Gasteiger partial charge in [0.05, 0.1) is 38.0 Å². The molecule has 2 aromatic rings. The molecular weight excluding hydrogens is 448 g/mol. The average Bonchev–Trinajstić information content (AvgIpc) is 3.06. The molecular formula is C24H27ClN2O6. The van der Waals surface area contributed by atoms with Gasteiger partial charge in [0.25, 0.3) is 11.7 Å². The maximum atomic E-state index is 13.2. The number of likely N-dealkylation sites (tertiary alicyclic amines) is 1. The standard InChI is InChI=1S/C24H27ClN2O6/c1-26(2)11-12-27-20(15-7-6-8-18(32-4)23(15)33-5)19(22(29)24(27)30)21(28)14-9-10-17(31-3)16(25)13-14/h6-10,13,20,28H,11-12H2,1-5H3/t20-/m0/s1. The fraction of sp³-hybridized carbons (Fsp3) is 0.333. The first-order valence-corrected chi connectivity index (χ1v) is 10.6. The van der Waals surface area contributed by atoms with Crippen molar-refractivity contribution in [2.24, 2.45) is 0 Å². The summed E-state index contributed by atoms with van der Waals surface area (Å²) in [5.74, 6) is -0.576. The fourth-order valence-electron chi connectivity index (χ4n) is 3.84. The highest BCUT2D eigenvalue weighted by atomic mass is 35.5. The Morgan fingerprint density at radius 1 is 1.06 bits per heavy atom. The lowest BCUT2D eigenvalue weighted by Gasteiger charge is -2.28. The molecule has 1 heterocycles. The molecule has 0 aromatic heterocycles. The quantitative estimate of drug-likeness (QED) is 0.356. The van der Waals surface area contributed by atoms with Gasteiger partial charge in [0.15, 0.2) is 11.5 Å². The largest absolute Gasteiger partial charge is 0.507 e. The Kier molecular flexibility index (Phi) is 7.50. The molecule has 1 amide bonds. The molecule has 0 saturated carbocycles. The predicted molar refractivity (Wildman–Crippen MR) is 125 cm³/mol. The number of ketones is 1. The normalized spacial score (nSPS) is 17.5. The summed E-state index contributed by atoms with van der Waals surface area (Å²) in [6.45, 7) is 0.785. The van der Waals surface area contributed by atoms with E-state index in [1.807, 2.05) is 19.0 Å². The van der Waals surface area contributed by atoms with Crippen LogP contribution in [0.3, 0.4) is 0 Å². The van der Waals surface area contributed by atoms with Gasteiger partial charge in [-0.25, -0.2) is 0 Å². The highest BCUT2D eigenvalue weighted by molar-refractivity contribution is 6.46. The second kappa shape index (κ2) is 10.1. The van der Waals surface area contributed by atoms with Crippen LogP contribution in [0.1, 0.15) is 17.2 Å². The van der Waals surface area contributed by atoms with Crippen molar-refractivity contribution in [2.75, 3.05) is 48.5 Å². The Labute approximate surface area is 197 Å². The number of hydrogen-bond donors (Lipinski definition) is 1. The van der Waals surface area contributed by atoms with Crippen LogP contribution in [0.5, 0.6) is 17.2 Å². The number of nitrogens with zero attached hydrogens (tertiary/aromatic N) is 2. The first-order chi connectivity index (χ1) is 15.7. The van der Waals surface area contributed by atoms with Gasteiger partial charge in [-0.05, 0) is 38.4 Å². The molecule has 33 heavy (non-hydrogen) atoms. The summed E-state index contributed by atoms with van der Waals surface area (Å²) >= 11 is 6.24. The van der Waals surface area contributed by atoms with Crippen LogP contribution >= 0.6 is 11.6 Å². The predicted octanol–water partition coefficient (Wildman–Crippen LogP) is 3.35. The minimum atomic E-state index is -0.879. The van der Waals surface area contributed by atoms with E-state index in [9.17, 15) is 14.7 Å². The Morgan fingerprint density at radius 3 is 2.33 bits per heavy atom. The van der Waals surface area contributed by atoms with E-state index >= 15 is 0 Å². The third kappa shape index (κ3) is 4.62. The SMILES string of the molecule is COc1ccc(C(O)=C2C(=O)C(=O)N(CCN(C)C)[C@H]2c2cccc(OC)c2OC)cc1Cl. The lowest BCUT2D eigenvalue weighted by Crippen LogP contribution is -2.35. The highest BCUT2D eigenvalue weighted by Crippen LogP contribution is 2.45. The number of rotatable bonds is 8. The molecule has 0 unspecified atom stereocenters. The van der Waals surface area contributed by atoms with Crippen LogP contribution in [-0.2, 0) is 9.59 Å². The summed E-state index contributed by atoms with van der Waals surface area (Å²) in [4.78, 5) is 29.6. The molecule has 0 radical (unpaired) electrons. The number of para-hydroxylation sites is 1. The van der Waals surface area contributed by atoms with Gasteiger partial charge >= 0.3 is 0 Å². The van der Waals surface area contributed by atoms with Crippen molar-refractivity contribution in [1.82, 2.24) is 9.80 Å². The molecule has 0 bridgehead atoms. The molecule has 1 aliphatic heterocycles. The molecule has 1 aliphatic rings.